The second-order valence-electron chi connectivity index (χ2n) is 6.64. The molecule has 2 heterocycles. The van der Waals surface area contributed by atoms with Gasteiger partial charge in [-0.1, -0.05) is 0 Å². The fraction of sp³-hybridized carbons (Fsp3) is 0.235. The Hall–Kier alpha value is -3.60. The van der Waals surface area contributed by atoms with Crippen LogP contribution in [0.4, 0.5) is 26.3 Å². The molecule has 0 bridgehead atoms. The number of rotatable bonds is 5. The van der Waals surface area contributed by atoms with Crippen molar-refractivity contribution >= 4 is 16.0 Å². The molecule has 1 amide bonds. The molecule has 0 aliphatic heterocycles. The van der Waals surface area contributed by atoms with Crippen LogP contribution in [-0.4, -0.2) is 43.6 Å². The molecule has 34 heavy (non-hydrogen) atoms. The molecule has 0 unspecified atom stereocenters. The summed E-state index contributed by atoms with van der Waals surface area (Å²) in [4.78, 5) is 22.2. The van der Waals surface area contributed by atoms with Gasteiger partial charge in [0.2, 0.25) is 0 Å². The van der Waals surface area contributed by atoms with Crippen molar-refractivity contribution in [2.75, 3.05) is 0 Å². The van der Waals surface area contributed by atoms with Gasteiger partial charge >= 0.3 is 12.4 Å². The summed E-state index contributed by atoms with van der Waals surface area (Å²) < 4.78 is 114. The van der Waals surface area contributed by atoms with Crippen LogP contribution in [0.3, 0.4) is 0 Å². The SMILES string of the molecule is C[C@H](NC(=O)c1cc(C(F)(F)F)cc(S(=O)(=O)O)c1C(F)(F)F)c1ncnn1-c1ncccn1. The zero-order valence-electron chi connectivity index (χ0n) is 16.6. The van der Waals surface area contributed by atoms with E-state index in [1.165, 1.54) is 25.4 Å². The van der Waals surface area contributed by atoms with Crippen molar-refractivity contribution in [3.63, 3.8) is 0 Å². The molecule has 2 aromatic heterocycles. The molecule has 3 aromatic rings. The Kier molecular flexibility index (Phi) is 6.36. The van der Waals surface area contributed by atoms with Crippen molar-refractivity contribution in [1.82, 2.24) is 30.0 Å². The predicted molar refractivity (Wildman–Crippen MR) is 99.1 cm³/mol. The lowest BCUT2D eigenvalue weighted by molar-refractivity contribution is -0.143. The maximum Gasteiger partial charge on any atom is 0.418 e. The van der Waals surface area contributed by atoms with Gasteiger partial charge in [0.05, 0.1) is 22.7 Å². The van der Waals surface area contributed by atoms with Crippen LogP contribution in [0.2, 0.25) is 0 Å². The first-order valence-electron chi connectivity index (χ1n) is 8.88. The number of amides is 1. The highest BCUT2D eigenvalue weighted by Crippen LogP contribution is 2.41. The third-order valence-electron chi connectivity index (χ3n) is 4.29. The molecule has 2 N–H and O–H groups in total. The van der Waals surface area contributed by atoms with E-state index in [0.29, 0.717) is 0 Å². The molecule has 0 radical (unpaired) electrons. The van der Waals surface area contributed by atoms with Crippen molar-refractivity contribution < 1.29 is 44.1 Å². The number of nitrogens with zero attached hydrogens (tertiary/aromatic N) is 5. The van der Waals surface area contributed by atoms with E-state index < -0.39 is 62.1 Å². The highest BCUT2D eigenvalue weighted by atomic mass is 32.2. The third kappa shape index (κ3) is 5.14. The average Bonchev–Trinajstić information content (AvgIpc) is 3.21. The average molecular weight is 510 g/mol. The van der Waals surface area contributed by atoms with Crippen LogP contribution in [-0.2, 0) is 22.5 Å². The van der Waals surface area contributed by atoms with Crippen molar-refractivity contribution in [3.05, 3.63) is 59.4 Å². The standard InChI is InChI=1S/C17H12F6N6O4S/c1-8(13-26-7-27-29(13)15-24-3-2-4-25-15)28-14(30)10-5-9(16(18,19)20)6-11(34(31,32)33)12(10)17(21,22)23/h2-8H,1H3,(H,28,30)(H,31,32,33)/t8-/m0/s1. The van der Waals surface area contributed by atoms with Gasteiger partial charge in [0.15, 0.2) is 5.82 Å². The number of alkyl halides is 6. The third-order valence-corrected chi connectivity index (χ3v) is 5.16. The molecule has 0 fully saturated rings. The summed E-state index contributed by atoms with van der Waals surface area (Å²) in [6.45, 7) is 1.23. The lowest BCUT2D eigenvalue weighted by atomic mass is 10.0. The summed E-state index contributed by atoms with van der Waals surface area (Å²) in [7, 11) is -5.81. The quantitative estimate of drug-likeness (QED) is 0.395. The topological polar surface area (TPSA) is 140 Å². The molecule has 17 heteroatoms. The highest BCUT2D eigenvalue weighted by Gasteiger charge is 2.44. The van der Waals surface area contributed by atoms with E-state index in [4.69, 9.17) is 4.55 Å². The van der Waals surface area contributed by atoms with Gasteiger partial charge in [-0.25, -0.2) is 15.0 Å². The molecule has 0 saturated carbocycles. The fourth-order valence-corrected chi connectivity index (χ4v) is 3.65. The molecule has 0 aliphatic rings. The molecule has 0 saturated heterocycles. The van der Waals surface area contributed by atoms with Gasteiger partial charge in [-0.2, -0.15) is 44.5 Å². The van der Waals surface area contributed by atoms with Crippen LogP contribution < -0.4 is 5.32 Å². The highest BCUT2D eigenvalue weighted by molar-refractivity contribution is 7.85. The monoisotopic (exact) mass is 510 g/mol. The summed E-state index contributed by atoms with van der Waals surface area (Å²) in [6, 6.07) is -0.347. The number of halogens is 6. The van der Waals surface area contributed by atoms with Gasteiger partial charge in [-0.15, -0.1) is 0 Å². The Morgan fingerprint density at radius 1 is 1.06 bits per heavy atom. The Labute approximate surface area is 186 Å². The minimum Gasteiger partial charge on any atom is -0.342 e. The minimum absolute atomic E-state index is 0.0280. The lowest BCUT2D eigenvalue weighted by Crippen LogP contribution is -2.32. The second-order valence-corrected chi connectivity index (χ2v) is 8.03. The first kappa shape index (κ1) is 25.0. The van der Waals surface area contributed by atoms with E-state index in [2.05, 4.69) is 20.1 Å². The fourth-order valence-electron chi connectivity index (χ4n) is 2.89. The van der Waals surface area contributed by atoms with E-state index >= 15 is 0 Å². The first-order chi connectivity index (χ1) is 15.6. The Balaban J connectivity index is 2.11. The van der Waals surface area contributed by atoms with Crippen LogP contribution >= 0.6 is 0 Å². The van der Waals surface area contributed by atoms with Crippen LogP contribution in [0.25, 0.3) is 5.95 Å². The number of hydrogen-bond donors (Lipinski definition) is 2. The molecule has 0 spiro atoms. The number of benzene rings is 1. The number of hydrogen-bond acceptors (Lipinski definition) is 7. The summed E-state index contributed by atoms with van der Waals surface area (Å²) in [5.74, 6) is -1.85. The predicted octanol–water partition coefficient (Wildman–Crippen LogP) is 2.83. The van der Waals surface area contributed by atoms with Crippen molar-refractivity contribution in [3.8, 4) is 5.95 Å². The zero-order valence-corrected chi connectivity index (χ0v) is 17.4. The Morgan fingerprint density at radius 2 is 1.68 bits per heavy atom. The Morgan fingerprint density at radius 3 is 2.21 bits per heavy atom. The molecule has 0 aliphatic carbocycles. The molecule has 10 nitrogen and oxygen atoms in total. The number of nitrogens with one attached hydrogen (secondary N) is 1. The molecule has 3 rings (SSSR count). The van der Waals surface area contributed by atoms with Gasteiger partial charge in [-0.05, 0) is 25.1 Å². The van der Waals surface area contributed by atoms with E-state index in [9.17, 15) is 39.6 Å². The zero-order chi connectivity index (χ0) is 25.5. The second kappa shape index (κ2) is 8.64. The van der Waals surface area contributed by atoms with E-state index in [-0.39, 0.29) is 17.8 Å². The number of carbonyl (C=O) groups is 1. The number of carbonyl (C=O) groups excluding carboxylic acids is 1. The molecular weight excluding hydrogens is 498 g/mol. The van der Waals surface area contributed by atoms with Gasteiger partial charge in [0, 0.05) is 12.4 Å². The van der Waals surface area contributed by atoms with Crippen LogP contribution in [0.15, 0.2) is 41.8 Å². The van der Waals surface area contributed by atoms with Crippen molar-refractivity contribution in [2.45, 2.75) is 30.2 Å². The van der Waals surface area contributed by atoms with E-state index in [0.717, 1.165) is 11.0 Å². The summed E-state index contributed by atoms with van der Waals surface area (Å²) in [5, 5.41) is 5.84. The normalized spacial score (nSPS) is 13.5. The van der Waals surface area contributed by atoms with Gasteiger partial charge in [-0.3, -0.25) is 9.35 Å². The van der Waals surface area contributed by atoms with Crippen LogP contribution in [0.5, 0.6) is 0 Å². The van der Waals surface area contributed by atoms with Crippen molar-refractivity contribution in [1.29, 1.82) is 0 Å². The largest absolute Gasteiger partial charge is 0.418 e. The smallest absolute Gasteiger partial charge is 0.342 e. The molecular formula is C17H12F6N6O4S. The lowest BCUT2D eigenvalue weighted by Gasteiger charge is -2.20. The maximum absolute atomic E-state index is 13.6. The maximum atomic E-state index is 13.6. The van der Waals surface area contributed by atoms with Gasteiger partial charge in [0.25, 0.3) is 22.0 Å². The van der Waals surface area contributed by atoms with Crippen molar-refractivity contribution in [2.24, 2.45) is 0 Å². The summed E-state index contributed by atoms with van der Waals surface area (Å²) in [6.07, 6.45) is -7.27. The van der Waals surface area contributed by atoms with Gasteiger partial charge in [0.1, 0.15) is 11.2 Å². The Bertz CT molecular complexity index is 1320. The summed E-state index contributed by atoms with van der Waals surface area (Å²) >= 11 is 0. The van der Waals surface area contributed by atoms with E-state index in [1.54, 1.807) is 0 Å². The minimum atomic E-state index is -5.81. The van der Waals surface area contributed by atoms with Crippen LogP contribution in [0, 0.1) is 0 Å². The van der Waals surface area contributed by atoms with Crippen LogP contribution in [0.1, 0.15) is 40.3 Å². The molecule has 1 atom stereocenters. The van der Waals surface area contributed by atoms with Gasteiger partial charge < -0.3 is 5.32 Å². The molecule has 182 valence electrons. The number of aromatic nitrogens is 5. The first-order valence-corrected chi connectivity index (χ1v) is 10.3. The molecule has 1 aromatic carbocycles. The summed E-state index contributed by atoms with van der Waals surface area (Å²) in [5.41, 5.74) is -5.84. The van der Waals surface area contributed by atoms with E-state index in [1.807, 2.05) is 5.32 Å².